The molecule has 0 aliphatic rings. The number of nitriles is 1. The number of fused-ring (bicyclic) bond motifs is 2. The lowest BCUT2D eigenvalue weighted by molar-refractivity contribution is 0.302. The second-order valence-corrected chi connectivity index (χ2v) is 6.41. The monoisotopic (exact) mass is 397 g/mol. The Balaban J connectivity index is 0.000000660. The Bertz CT molecular complexity index is 992. The normalized spacial score (nSPS) is 10.0. The van der Waals surface area contributed by atoms with Gasteiger partial charge in [-0.2, -0.15) is 11.8 Å². The van der Waals surface area contributed by atoms with Crippen LogP contribution in [0.3, 0.4) is 0 Å². The molecule has 2 N–H and O–H groups in total. The van der Waals surface area contributed by atoms with E-state index in [2.05, 4.69) is 28.6 Å². The van der Waals surface area contributed by atoms with Gasteiger partial charge in [-0.15, -0.1) is 5.10 Å². The lowest BCUT2D eigenvalue weighted by Gasteiger charge is -2.05. The fourth-order valence-corrected chi connectivity index (χ4v) is 3.00. The third-order valence-corrected chi connectivity index (χ3v) is 4.46. The van der Waals surface area contributed by atoms with Gasteiger partial charge in [-0.25, -0.2) is 14.8 Å². The summed E-state index contributed by atoms with van der Waals surface area (Å²) in [5.74, 6) is 2.42. The molecule has 146 valence electrons. The summed E-state index contributed by atoms with van der Waals surface area (Å²) in [6.45, 7) is 4.16. The van der Waals surface area contributed by atoms with E-state index in [4.69, 9.17) is 14.4 Å². The molecule has 0 fully saturated rings. The average molecular weight is 398 g/mol. The van der Waals surface area contributed by atoms with Crippen molar-refractivity contribution < 1.29 is 9.15 Å². The molecule has 0 aliphatic carbocycles. The van der Waals surface area contributed by atoms with Gasteiger partial charge < -0.3 is 14.9 Å². The van der Waals surface area contributed by atoms with Crippen molar-refractivity contribution in [1.82, 2.24) is 14.6 Å². The van der Waals surface area contributed by atoms with Crippen LogP contribution in [0.4, 0.5) is 0 Å². The number of nitrogens with two attached hydrogens (primary N) is 1. The predicted molar refractivity (Wildman–Crippen MR) is 113 cm³/mol. The average Bonchev–Trinajstić information content (AvgIpc) is 3.37. The van der Waals surface area contributed by atoms with Gasteiger partial charge in [0.15, 0.2) is 11.4 Å². The summed E-state index contributed by atoms with van der Waals surface area (Å²) in [5, 5.41) is 12.1. The van der Waals surface area contributed by atoms with E-state index in [1.54, 1.807) is 10.7 Å². The Morgan fingerprint density at radius 3 is 2.75 bits per heavy atom. The number of thioether (sulfide) groups is 1. The molecule has 0 saturated heterocycles. The molecule has 4 aromatic rings. The summed E-state index contributed by atoms with van der Waals surface area (Å²) < 4.78 is 13.4. The van der Waals surface area contributed by atoms with Gasteiger partial charge in [-0.3, -0.25) is 0 Å². The topological polar surface area (TPSA) is 102 Å². The molecule has 3 heterocycles. The van der Waals surface area contributed by atoms with Crippen molar-refractivity contribution >= 4 is 28.4 Å². The summed E-state index contributed by atoms with van der Waals surface area (Å²) >= 11 is 1.81. The van der Waals surface area contributed by atoms with Crippen molar-refractivity contribution in [3.63, 3.8) is 0 Å². The van der Waals surface area contributed by atoms with Crippen LogP contribution in [-0.4, -0.2) is 40.3 Å². The lowest BCUT2D eigenvalue weighted by Crippen LogP contribution is -2.03. The zero-order valence-electron chi connectivity index (χ0n) is 15.9. The number of rotatable bonds is 6. The van der Waals surface area contributed by atoms with E-state index >= 15 is 0 Å². The van der Waals surface area contributed by atoms with Crippen LogP contribution >= 0.6 is 11.8 Å². The van der Waals surface area contributed by atoms with Crippen LogP contribution < -0.4 is 10.5 Å². The fourth-order valence-electron chi connectivity index (χ4n) is 2.59. The molecular weight excluding hydrogens is 374 g/mol. The molecule has 3 aromatic heterocycles. The van der Waals surface area contributed by atoms with E-state index in [0.717, 1.165) is 40.2 Å². The number of aromatic nitrogens is 3. The first-order valence-corrected chi connectivity index (χ1v) is 10.0. The molecule has 0 aliphatic heterocycles. The molecule has 8 heteroatoms. The van der Waals surface area contributed by atoms with Gasteiger partial charge in [-0.1, -0.05) is 18.2 Å². The highest BCUT2D eigenvalue weighted by molar-refractivity contribution is 7.98. The van der Waals surface area contributed by atoms with Crippen molar-refractivity contribution in [3.05, 3.63) is 48.7 Å². The first-order chi connectivity index (χ1) is 13.8. The minimum atomic E-state index is 0.596. The number of benzene rings is 1. The van der Waals surface area contributed by atoms with Crippen LogP contribution in [0.2, 0.25) is 0 Å². The number of nitrogens with zero attached hydrogens (tertiary/aromatic N) is 4. The quantitative estimate of drug-likeness (QED) is 0.491. The van der Waals surface area contributed by atoms with Crippen LogP contribution in [0, 0.1) is 11.8 Å². The van der Waals surface area contributed by atoms with Gasteiger partial charge in [0.2, 0.25) is 5.88 Å². The van der Waals surface area contributed by atoms with Crippen molar-refractivity contribution in [1.29, 1.82) is 5.26 Å². The van der Waals surface area contributed by atoms with Crippen LogP contribution in [0.15, 0.2) is 53.1 Å². The van der Waals surface area contributed by atoms with Crippen LogP contribution in [0.5, 0.6) is 5.88 Å². The van der Waals surface area contributed by atoms with Crippen LogP contribution in [0.1, 0.15) is 6.42 Å². The van der Waals surface area contributed by atoms with E-state index in [0.29, 0.717) is 12.5 Å². The van der Waals surface area contributed by atoms with Crippen molar-refractivity contribution in [2.24, 2.45) is 5.73 Å². The summed E-state index contributed by atoms with van der Waals surface area (Å²) in [4.78, 5) is 4.40. The molecule has 4 rings (SSSR count). The Kier molecular flexibility index (Phi) is 8.34. The minimum absolute atomic E-state index is 0.596. The highest BCUT2D eigenvalue weighted by Crippen LogP contribution is 2.28. The first-order valence-electron chi connectivity index (χ1n) is 8.64. The zero-order valence-corrected chi connectivity index (χ0v) is 16.7. The third-order valence-electron chi connectivity index (χ3n) is 3.76. The number of imidazole rings is 1. The second kappa shape index (κ2) is 11.0. The highest BCUT2D eigenvalue weighted by atomic mass is 32.2. The van der Waals surface area contributed by atoms with E-state index in [1.807, 2.05) is 54.2 Å². The summed E-state index contributed by atoms with van der Waals surface area (Å²) in [5.41, 5.74) is 6.93. The summed E-state index contributed by atoms with van der Waals surface area (Å²) in [6, 6.07) is 13.7. The third kappa shape index (κ3) is 4.82. The maximum absolute atomic E-state index is 6.50. The van der Waals surface area contributed by atoms with Gasteiger partial charge in [-0.05, 0) is 43.7 Å². The van der Waals surface area contributed by atoms with Gasteiger partial charge in [0.25, 0.3) is 0 Å². The number of para-hydroxylation sites is 1. The van der Waals surface area contributed by atoms with Gasteiger partial charge in [0.05, 0.1) is 12.8 Å². The van der Waals surface area contributed by atoms with Crippen molar-refractivity contribution in [3.8, 4) is 23.9 Å². The SMILES string of the molecule is C#N.CN.CSCCCOc1ccc2ncc(-c3cc4ccccc4o3)n2n1. The lowest BCUT2D eigenvalue weighted by atomic mass is 10.2. The molecule has 0 saturated carbocycles. The van der Waals surface area contributed by atoms with E-state index in [9.17, 15) is 0 Å². The maximum Gasteiger partial charge on any atom is 0.231 e. The molecule has 0 atom stereocenters. The Labute approximate surface area is 168 Å². The molecule has 0 amide bonds. The highest BCUT2D eigenvalue weighted by Gasteiger charge is 2.13. The van der Waals surface area contributed by atoms with Crippen molar-refractivity contribution in [2.75, 3.05) is 25.7 Å². The number of hydrogen-bond acceptors (Lipinski definition) is 7. The van der Waals surface area contributed by atoms with Gasteiger partial charge >= 0.3 is 0 Å². The molecule has 0 unspecified atom stereocenters. The van der Waals surface area contributed by atoms with Gasteiger partial charge in [0, 0.05) is 18.0 Å². The molecular formula is C20H23N5O2S. The van der Waals surface area contributed by atoms with Gasteiger partial charge in [0.1, 0.15) is 11.3 Å². The zero-order chi connectivity index (χ0) is 20.4. The largest absolute Gasteiger partial charge is 0.477 e. The first kappa shape index (κ1) is 21.3. The number of ether oxygens (including phenoxy) is 1. The van der Waals surface area contributed by atoms with Crippen LogP contribution in [-0.2, 0) is 0 Å². The predicted octanol–water partition coefficient (Wildman–Crippen LogP) is 3.99. The number of hydrogen-bond donors (Lipinski definition) is 1. The van der Waals surface area contributed by atoms with E-state index in [1.165, 1.54) is 7.05 Å². The van der Waals surface area contributed by atoms with E-state index < -0.39 is 0 Å². The Morgan fingerprint density at radius 2 is 2.00 bits per heavy atom. The fraction of sp³-hybridized carbons (Fsp3) is 0.250. The van der Waals surface area contributed by atoms with E-state index in [-0.39, 0.29) is 0 Å². The summed E-state index contributed by atoms with van der Waals surface area (Å²) in [6.07, 6.45) is 4.87. The smallest absolute Gasteiger partial charge is 0.231 e. The van der Waals surface area contributed by atoms with Crippen molar-refractivity contribution in [2.45, 2.75) is 6.42 Å². The van der Waals surface area contributed by atoms with Crippen LogP contribution in [0.25, 0.3) is 28.1 Å². The Morgan fingerprint density at radius 1 is 1.21 bits per heavy atom. The molecule has 1 aromatic carbocycles. The molecule has 0 bridgehead atoms. The molecule has 28 heavy (non-hydrogen) atoms. The molecule has 7 nitrogen and oxygen atoms in total. The molecule has 0 spiro atoms. The minimum Gasteiger partial charge on any atom is -0.477 e. The standard InChI is InChI=1S/C18H17N3O2S.CH5N.CHN/c1-24-10-4-9-22-18-8-7-17-19-12-14(21(17)20-18)16-11-13-5-2-3-6-15(13)23-16;2*1-2/h2-3,5-8,11-12H,4,9-10H2,1H3;2H2,1H3;1H. The number of furan rings is 1. The molecule has 0 radical (unpaired) electrons. The summed E-state index contributed by atoms with van der Waals surface area (Å²) in [7, 11) is 1.50. The maximum atomic E-state index is 6.50. The second-order valence-electron chi connectivity index (χ2n) is 5.43. The Hall–Kier alpha value is -3.02.